The van der Waals surface area contributed by atoms with E-state index in [-0.39, 0.29) is 0 Å². The molecule has 0 aliphatic carbocycles. The Labute approximate surface area is 90.4 Å². The highest BCUT2D eigenvalue weighted by atomic mass is 35.5. The van der Waals surface area contributed by atoms with Crippen LogP contribution in [-0.2, 0) is 0 Å². The zero-order valence-corrected chi connectivity index (χ0v) is 8.64. The first kappa shape index (κ1) is 9.20. The van der Waals surface area contributed by atoms with E-state index >= 15 is 0 Å². The largest absolute Gasteiger partial charge is 0.233 e. The average Bonchev–Trinajstić information content (AvgIpc) is 2.65. The lowest BCUT2D eigenvalue weighted by atomic mass is 10.1. The maximum absolute atomic E-state index is 8.62. The summed E-state index contributed by atoms with van der Waals surface area (Å²) >= 11 is 7.15. The van der Waals surface area contributed by atoms with E-state index in [4.69, 9.17) is 16.9 Å². The summed E-state index contributed by atoms with van der Waals surface area (Å²) in [7, 11) is 0. The predicted molar refractivity (Wildman–Crippen MR) is 57.3 cm³/mol. The minimum Gasteiger partial charge on any atom is -0.233 e. The van der Waals surface area contributed by atoms with Crippen molar-refractivity contribution >= 4 is 22.9 Å². The Kier molecular flexibility index (Phi) is 2.49. The Hall–Kier alpha value is -1.37. The van der Waals surface area contributed by atoms with Gasteiger partial charge in [0.2, 0.25) is 0 Å². The minimum atomic E-state index is 0.532. The van der Waals surface area contributed by atoms with Crippen molar-refractivity contribution in [2.24, 2.45) is 0 Å². The Morgan fingerprint density at radius 2 is 2.00 bits per heavy atom. The molecule has 0 bridgehead atoms. The molecule has 68 valence electrons. The quantitative estimate of drug-likeness (QED) is 0.739. The number of halogens is 1. The third kappa shape index (κ3) is 1.77. The number of rotatable bonds is 1. The molecule has 2 rings (SSSR count). The normalized spacial score (nSPS) is 9.71. The lowest BCUT2D eigenvalue weighted by Gasteiger charge is -1.94. The van der Waals surface area contributed by atoms with Crippen LogP contribution in [0.2, 0.25) is 4.47 Å². The molecule has 0 saturated carbocycles. The number of aromatic nitrogens is 1. The van der Waals surface area contributed by atoms with E-state index in [1.54, 1.807) is 18.3 Å². The molecule has 1 aromatic carbocycles. The number of benzene rings is 1. The van der Waals surface area contributed by atoms with Gasteiger partial charge in [0.15, 0.2) is 4.47 Å². The third-order valence-electron chi connectivity index (χ3n) is 1.78. The monoisotopic (exact) mass is 220 g/mol. The van der Waals surface area contributed by atoms with Gasteiger partial charge in [-0.1, -0.05) is 23.7 Å². The van der Waals surface area contributed by atoms with Gasteiger partial charge in [-0.05, 0) is 17.7 Å². The smallest absolute Gasteiger partial charge is 0.184 e. The van der Waals surface area contributed by atoms with Crippen LogP contribution >= 0.6 is 22.9 Å². The van der Waals surface area contributed by atoms with Crippen LogP contribution < -0.4 is 0 Å². The van der Waals surface area contributed by atoms with Crippen LogP contribution in [0, 0.1) is 11.3 Å². The molecule has 2 nitrogen and oxygen atoms in total. The van der Waals surface area contributed by atoms with Crippen molar-refractivity contribution in [1.29, 1.82) is 5.26 Å². The second-order valence-corrected chi connectivity index (χ2v) is 4.28. The summed E-state index contributed by atoms with van der Waals surface area (Å²) in [6.45, 7) is 0. The second-order valence-electron chi connectivity index (χ2n) is 2.67. The molecule has 0 N–H and O–H groups in total. The molecule has 14 heavy (non-hydrogen) atoms. The Bertz CT molecular complexity index is 482. The van der Waals surface area contributed by atoms with Gasteiger partial charge in [-0.3, -0.25) is 0 Å². The maximum Gasteiger partial charge on any atom is 0.184 e. The first-order valence-corrected chi connectivity index (χ1v) is 5.11. The molecule has 0 unspecified atom stereocenters. The summed E-state index contributed by atoms with van der Waals surface area (Å²) < 4.78 is 0.532. The molecular formula is C10H5ClN2S. The topological polar surface area (TPSA) is 36.7 Å². The van der Waals surface area contributed by atoms with Crippen molar-refractivity contribution < 1.29 is 0 Å². The van der Waals surface area contributed by atoms with Crippen LogP contribution in [0.3, 0.4) is 0 Å². The summed E-state index contributed by atoms with van der Waals surface area (Å²) in [5.74, 6) is 0. The minimum absolute atomic E-state index is 0.532. The summed E-state index contributed by atoms with van der Waals surface area (Å²) in [6.07, 6.45) is 1.73. The van der Waals surface area contributed by atoms with Crippen LogP contribution in [0.25, 0.3) is 10.4 Å². The van der Waals surface area contributed by atoms with E-state index in [1.807, 2.05) is 12.1 Å². The lowest BCUT2D eigenvalue weighted by Crippen LogP contribution is -1.74. The highest BCUT2D eigenvalue weighted by Gasteiger charge is 2.02. The molecule has 0 amide bonds. The molecule has 0 saturated heterocycles. The highest BCUT2D eigenvalue weighted by Crippen LogP contribution is 2.28. The van der Waals surface area contributed by atoms with E-state index in [0.29, 0.717) is 10.0 Å². The van der Waals surface area contributed by atoms with Crippen molar-refractivity contribution in [2.45, 2.75) is 0 Å². The summed E-state index contributed by atoms with van der Waals surface area (Å²) in [5.41, 5.74) is 1.69. The van der Waals surface area contributed by atoms with Gasteiger partial charge >= 0.3 is 0 Å². The lowest BCUT2D eigenvalue weighted by molar-refractivity contribution is 1.42. The molecule has 0 radical (unpaired) electrons. The fraction of sp³-hybridized carbons (Fsp3) is 0. The molecule has 0 aliphatic rings. The van der Waals surface area contributed by atoms with Gasteiger partial charge in [0, 0.05) is 6.20 Å². The average molecular weight is 221 g/mol. The zero-order chi connectivity index (χ0) is 9.97. The summed E-state index contributed by atoms with van der Waals surface area (Å²) in [6, 6.07) is 9.42. The fourth-order valence-electron chi connectivity index (χ4n) is 1.10. The van der Waals surface area contributed by atoms with Gasteiger partial charge in [0.1, 0.15) is 0 Å². The van der Waals surface area contributed by atoms with Gasteiger partial charge in [0.25, 0.3) is 0 Å². The molecule has 0 aliphatic heterocycles. The van der Waals surface area contributed by atoms with E-state index in [0.717, 1.165) is 10.4 Å². The highest BCUT2D eigenvalue weighted by molar-refractivity contribution is 7.18. The van der Waals surface area contributed by atoms with Crippen molar-refractivity contribution in [2.75, 3.05) is 0 Å². The predicted octanol–water partition coefficient (Wildman–Crippen LogP) is 3.34. The first-order valence-electron chi connectivity index (χ1n) is 3.91. The molecule has 1 aromatic heterocycles. The molecular weight excluding hydrogens is 216 g/mol. The van der Waals surface area contributed by atoms with Crippen LogP contribution in [-0.4, -0.2) is 4.98 Å². The SMILES string of the molecule is N#Cc1ccc(-c2cnc(Cl)s2)cc1. The van der Waals surface area contributed by atoms with Crippen molar-refractivity contribution in [3.63, 3.8) is 0 Å². The van der Waals surface area contributed by atoms with Crippen LogP contribution in [0.15, 0.2) is 30.5 Å². The zero-order valence-electron chi connectivity index (χ0n) is 7.07. The van der Waals surface area contributed by atoms with Gasteiger partial charge in [0.05, 0.1) is 16.5 Å². The summed E-state index contributed by atoms with van der Waals surface area (Å²) in [4.78, 5) is 4.97. The molecule has 1 heterocycles. The Morgan fingerprint density at radius 1 is 1.29 bits per heavy atom. The van der Waals surface area contributed by atoms with Gasteiger partial charge in [-0.2, -0.15) is 5.26 Å². The van der Waals surface area contributed by atoms with Crippen molar-refractivity contribution in [3.8, 4) is 16.5 Å². The van der Waals surface area contributed by atoms with E-state index in [1.165, 1.54) is 11.3 Å². The third-order valence-corrected chi connectivity index (χ3v) is 2.94. The molecule has 4 heteroatoms. The van der Waals surface area contributed by atoms with Crippen molar-refractivity contribution in [1.82, 2.24) is 4.98 Å². The second kappa shape index (κ2) is 3.79. The van der Waals surface area contributed by atoms with Crippen molar-refractivity contribution in [3.05, 3.63) is 40.5 Å². The fourth-order valence-corrected chi connectivity index (χ4v) is 2.04. The molecule has 0 spiro atoms. The summed E-state index contributed by atoms with van der Waals surface area (Å²) in [5, 5.41) is 8.62. The van der Waals surface area contributed by atoms with Crippen LogP contribution in [0.1, 0.15) is 5.56 Å². The van der Waals surface area contributed by atoms with Gasteiger partial charge < -0.3 is 0 Å². The number of nitrogens with zero attached hydrogens (tertiary/aromatic N) is 2. The number of hydrogen-bond acceptors (Lipinski definition) is 3. The Morgan fingerprint density at radius 3 is 2.50 bits per heavy atom. The van der Waals surface area contributed by atoms with Gasteiger partial charge in [-0.15, -0.1) is 11.3 Å². The van der Waals surface area contributed by atoms with E-state index < -0.39 is 0 Å². The van der Waals surface area contributed by atoms with E-state index in [9.17, 15) is 0 Å². The number of nitriles is 1. The number of hydrogen-bond donors (Lipinski definition) is 0. The Balaban J connectivity index is 2.39. The molecule has 2 aromatic rings. The maximum atomic E-state index is 8.62. The molecule has 0 atom stereocenters. The first-order chi connectivity index (χ1) is 6.79. The molecule has 0 fully saturated rings. The standard InChI is InChI=1S/C10H5ClN2S/c11-10-13-6-9(14-10)8-3-1-7(5-12)2-4-8/h1-4,6H. The van der Waals surface area contributed by atoms with Crippen LogP contribution in [0.5, 0.6) is 0 Å². The van der Waals surface area contributed by atoms with Crippen LogP contribution in [0.4, 0.5) is 0 Å². The van der Waals surface area contributed by atoms with Gasteiger partial charge in [-0.25, -0.2) is 4.98 Å². The number of thiazole rings is 1. The van der Waals surface area contributed by atoms with E-state index in [2.05, 4.69) is 11.1 Å².